The molecule has 28 heavy (non-hydrogen) atoms. The average molecular weight is 391 g/mol. The van der Waals surface area contributed by atoms with Gasteiger partial charge in [0.25, 0.3) is 5.91 Å². The maximum atomic E-state index is 12.6. The minimum Gasteiger partial charge on any atom is -0.494 e. The topological polar surface area (TPSA) is 50.8 Å². The lowest BCUT2D eigenvalue weighted by molar-refractivity contribution is -0.139. The van der Waals surface area contributed by atoms with Gasteiger partial charge in [-0.25, -0.2) is 0 Å². The van der Waals surface area contributed by atoms with E-state index in [2.05, 4.69) is 17.1 Å². The molecule has 5 heteroatoms. The number of carbonyl (C=O) groups excluding carboxylic acids is 1. The first-order chi connectivity index (χ1) is 13.5. The summed E-state index contributed by atoms with van der Waals surface area (Å²) in [5, 5.41) is 2.96. The Bertz CT molecular complexity index is 590. The van der Waals surface area contributed by atoms with Crippen LogP contribution in [0.4, 0.5) is 5.69 Å². The van der Waals surface area contributed by atoms with Crippen molar-refractivity contribution < 1.29 is 14.3 Å². The maximum Gasteiger partial charge on any atom is 0.256 e. The molecule has 1 heterocycles. The number of rotatable bonds is 11. The Kier molecular flexibility index (Phi) is 9.26. The molecule has 0 aromatic heterocycles. The Morgan fingerprint density at radius 2 is 2.00 bits per heavy atom. The van der Waals surface area contributed by atoms with E-state index in [0.29, 0.717) is 13.0 Å². The highest BCUT2D eigenvalue weighted by atomic mass is 16.5. The number of likely N-dealkylation sites (tertiary alicyclic amines) is 1. The van der Waals surface area contributed by atoms with E-state index in [1.54, 1.807) is 0 Å². The third-order valence-electron chi connectivity index (χ3n) is 5.52. The smallest absolute Gasteiger partial charge is 0.256 e. The van der Waals surface area contributed by atoms with E-state index in [4.69, 9.17) is 9.47 Å². The molecule has 1 saturated heterocycles. The molecule has 0 spiro atoms. The second kappa shape index (κ2) is 11.4. The van der Waals surface area contributed by atoms with Gasteiger partial charge in [-0.15, -0.1) is 0 Å². The van der Waals surface area contributed by atoms with Crippen molar-refractivity contribution in [2.45, 2.75) is 65.4 Å². The van der Waals surface area contributed by atoms with Gasteiger partial charge in [0.15, 0.2) is 0 Å². The molecule has 1 aliphatic heterocycles. The molecule has 0 aliphatic carbocycles. The molecule has 2 atom stereocenters. The van der Waals surface area contributed by atoms with Crippen LogP contribution < -0.4 is 10.1 Å². The molecule has 0 bridgehead atoms. The zero-order valence-electron chi connectivity index (χ0n) is 18.1. The molecule has 5 nitrogen and oxygen atoms in total. The number of hydrogen-bond donors (Lipinski definition) is 1. The van der Waals surface area contributed by atoms with Gasteiger partial charge in [0, 0.05) is 25.4 Å². The van der Waals surface area contributed by atoms with Crippen molar-refractivity contribution in [1.29, 1.82) is 0 Å². The summed E-state index contributed by atoms with van der Waals surface area (Å²) < 4.78 is 11.6. The SMILES string of the molecule is CCCO[C@](C)(CC)C(=O)Nc1ccc(OCCCN2CCC[C@@H](C)C2)cc1. The maximum absolute atomic E-state index is 12.6. The number of benzene rings is 1. The minimum absolute atomic E-state index is 0.104. The monoisotopic (exact) mass is 390 g/mol. The molecule has 1 fully saturated rings. The van der Waals surface area contributed by atoms with E-state index in [1.165, 1.54) is 25.9 Å². The van der Waals surface area contributed by atoms with Gasteiger partial charge in [-0.05, 0) is 75.8 Å². The molecule has 158 valence electrons. The van der Waals surface area contributed by atoms with Crippen LogP contribution in [0.15, 0.2) is 24.3 Å². The van der Waals surface area contributed by atoms with Gasteiger partial charge in [-0.1, -0.05) is 20.8 Å². The molecule has 1 aromatic rings. The van der Waals surface area contributed by atoms with Gasteiger partial charge in [-0.3, -0.25) is 4.79 Å². The highest BCUT2D eigenvalue weighted by Gasteiger charge is 2.32. The quantitative estimate of drug-likeness (QED) is 0.556. The van der Waals surface area contributed by atoms with Crippen molar-refractivity contribution in [2.75, 3.05) is 38.2 Å². The van der Waals surface area contributed by atoms with Crippen LogP contribution in [-0.4, -0.2) is 49.3 Å². The molecule has 1 aromatic carbocycles. The number of hydrogen-bond acceptors (Lipinski definition) is 4. The zero-order chi connectivity index (χ0) is 20.4. The van der Waals surface area contributed by atoms with Crippen molar-refractivity contribution in [2.24, 2.45) is 5.92 Å². The van der Waals surface area contributed by atoms with E-state index in [9.17, 15) is 4.79 Å². The molecular weight excluding hydrogens is 352 g/mol. The number of nitrogens with zero attached hydrogens (tertiary/aromatic N) is 1. The Morgan fingerprint density at radius 1 is 1.25 bits per heavy atom. The Labute approximate surface area is 170 Å². The summed E-state index contributed by atoms with van der Waals surface area (Å²) in [6.07, 6.45) is 5.24. The van der Waals surface area contributed by atoms with Gasteiger partial charge in [0.05, 0.1) is 6.61 Å². The predicted molar refractivity (Wildman–Crippen MR) is 115 cm³/mol. The number of ether oxygens (including phenoxy) is 2. The average Bonchev–Trinajstić information content (AvgIpc) is 2.70. The Morgan fingerprint density at radius 3 is 2.64 bits per heavy atom. The van der Waals surface area contributed by atoms with E-state index in [0.717, 1.165) is 43.3 Å². The summed E-state index contributed by atoms with van der Waals surface area (Å²) in [6.45, 7) is 13.0. The van der Waals surface area contributed by atoms with Gasteiger partial charge >= 0.3 is 0 Å². The van der Waals surface area contributed by atoms with Gasteiger partial charge < -0.3 is 19.7 Å². The van der Waals surface area contributed by atoms with Crippen LogP contribution in [0.5, 0.6) is 5.75 Å². The molecule has 1 N–H and O–H groups in total. The highest BCUT2D eigenvalue weighted by Crippen LogP contribution is 2.21. The van der Waals surface area contributed by atoms with Crippen LogP contribution in [0, 0.1) is 5.92 Å². The van der Waals surface area contributed by atoms with Crippen LogP contribution in [0.25, 0.3) is 0 Å². The Hall–Kier alpha value is -1.59. The van der Waals surface area contributed by atoms with Crippen LogP contribution in [0.3, 0.4) is 0 Å². The molecule has 2 rings (SSSR count). The molecule has 0 saturated carbocycles. The molecule has 0 radical (unpaired) electrons. The second-order valence-corrected chi connectivity index (χ2v) is 8.16. The van der Waals surface area contributed by atoms with Crippen LogP contribution in [0.1, 0.15) is 59.8 Å². The van der Waals surface area contributed by atoms with Crippen molar-refractivity contribution in [3.05, 3.63) is 24.3 Å². The van der Waals surface area contributed by atoms with Crippen molar-refractivity contribution in [3.8, 4) is 5.75 Å². The van der Waals surface area contributed by atoms with Crippen LogP contribution >= 0.6 is 0 Å². The fourth-order valence-corrected chi connectivity index (χ4v) is 3.52. The lowest BCUT2D eigenvalue weighted by Crippen LogP contribution is -2.42. The fraction of sp³-hybridized carbons (Fsp3) is 0.696. The minimum atomic E-state index is -0.795. The number of piperidine rings is 1. The third kappa shape index (κ3) is 7.10. The standard InChI is InChI=1S/C23H38N2O3/c1-5-16-28-23(4,6-2)22(26)24-20-10-12-21(13-11-20)27-17-8-15-25-14-7-9-19(3)18-25/h10-13,19H,5-9,14-18H2,1-4H3,(H,24,26)/t19-,23-/m1/s1. The summed E-state index contributed by atoms with van der Waals surface area (Å²) in [5.74, 6) is 1.55. The number of anilines is 1. The highest BCUT2D eigenvalue weighted by molar-refractivity contribution is 5.97. The first kappa shape index (κ1) is 22.7. The number of amides is 1. The van der Waals surface area contributed by atoms with Gasteiger partial charge in [0.2, 0.25) is 0 Å². The number of carbonyl (C=O) groups is 1. The van der Waals surface area contributed by atoms with Crippen LogP contribution in [0.2, 0.25) is 0 Å². The lowest BCUT2D eigenvalue weighted by atomic mass is 10.0. The largest absolute Gasteiger partial charge is 0.494 e. The molecule has 1 amide bonds. The third-order valence-corrected chi connectivity index (χ3v) is 5.52. The first-order valence-corrected chi connectivity index (χ1v) is 10.9. The van der Waals surface area contributed by atoms with Crippen molar-refractivity contribution in [3.63, 3.8) is 0 Å². The second-order valence-electron chi connectivity index (χ2n) is 8.16. The summed E-state index contributed by atoms with van der Waals surface area (Å²) in [7, 11) is 0. The Balaban J connectivity index is 1.74. The van der Waals surface area contributed by atoms with Crippen molar-refractivity contribution in [1.82, 2.24) is 4.90 Å². The van der Waals surface area contributed by atoms with E-state index in [1.807, 2.05) is 45.0 Å². The molecule has 0 unspecified atom stereocenters. The summed E-state index contributed by atoms with van der Waals surface area (Å²) >= 11 is 0. The fourth-order valence-electron chi connectivity index (χ4n) is 3.52. The zero-order valence-corrected chi connectivity index (χ0v) is 18.1. The molecular formula is C23H38N2O3. The van der Waals surface area contributed by atoms with Gasteiger partial charge in [0.1, 0.15) is 11.4 Å². The van der Waals surface area contributed by atoms with Gasteiger partial charge in [-0.2, -0.15) is 0 Å². The van der Waals surface area contributed by atoms with E-state index >= 15 is 0 Å². The number of nitrogens with one attached hydrogen (secondary N) is 1. The summed E-state index contributed by atoms with van der Waals surface area (Å²) in [4.78, 5) is 15.1. The first-order valence-electron chi connectivity index (χ1n) is 10.9. The summed E-state index contributed by atoms with van der Waals surface area (Å²) in [5.41, 5.74) is -0.0312. The normalized spacial score (nSPS) is 19.8. The van der Waals surface area contributed by atoms with Crippen molar-refractivity contribution >= 4 is 11.6 Å². The molecule has 1 aliphatic rings. The lowest BCUT2D eigenvalue weighted by Gasteiger charge is -2.30. The summed E-state index contributed by atoms with van der Waals surface area (Å²) in [6, 6.07) is 7.59. The predicted octanol–water partition coefficient (Wildman–Crippen LogP) is 4.72. The van der Waals surface area contributed by atoms with Crippen LogP contribution in [-0.2, 0) is 9.53 Å². The van der Waals surface area contributed by atoms with E-state index < -0.39 is 5.60 Å². The van der Waals surface area contributed by atoms with E-state index in [-0.39, 0.29) is 5.91 Å².